The molecule has 6 heterocycles. The van der Waals surface area contributed by atoms with Crippen molar-refractivity contribution in [2.24, 2.45) is 0 Å². The highest BCUT2D eigenvalue weighted by atomic mass is 15.4. The van der Waals surface area contributed by atoms with Gasteiger partial charge in [-0.25, -0.2) is 4.68 Å². The van der Waals surface area contributed by atoms with Crippen molar-refractivity contribution >= 4 is 84.0 Å². The quantitative estimate of drug-likeness (QED) is 0.0974. The topological polar surface area (TPSA) is 22.4 Å². The fourth-order valence-electron chi connectivity index (χ4n) is 10.9. The Morgan fingerprint density at radius 1 is 0.517 bits per heavy atom. The van der Waals surface area contributed by atoms with E-state index in [9.17, 15) is 0 Å². The molecule has 0 bridgehead atoms. The SMILES string of the molecule is CC(C)(C)c1ccc2c(c1)N(c1ccccc1)c1c3c(c4c5c1c1cccc6ccn(c61)n-5c1ccc(C(C)(C)C)cc1n4-c1ccccc1)-c1cccc4ccn(c14)B23. The zero-order valence-electron chi connectivity index (χ0n) is 34.8. The van der Waals surface area contributed by atoms with Gasteiger partial charge in [0.25, 0.3) is 0 Å². The number of fused-ring (bicyclic) bond motifs is 10. The number of rotatable bonds is 2. The smallest absolute Gasteiger partial charge is 0.332 e. The maximum atomic E-state index is 2.62. The van der Waals surface area contributed by atoms with E-state index in [1.165, 1.54) is 93.9 Å². The Morgan fingerprint density at radius 2 is 1.18 bits per heavy atom. The number of para-hydroxylation sites is 4. The summed E-state index contributed by atoms with van der Waals surface area (Å²) in [5.41, 5.74) is 19.8. The molecule has 0 spiro atoms. The summed E-state index contributed by atoms with van der Waals surface area (Å²) in [4.78, 5) is 2.62. The van der Waals surface area contributed by atoms with Gasteiger partial charge in [0.05, 0.1) is 33.4 Å². The van der Waals surface area contributed by atoms with Crippen LogP contribution in [0.2, 0.25) is 0 Å². The number of hydrogen-bond donors (Lipinski definition) is 0. The summed E-state index contributed by atoms with van der Waals surface area (Å²) in [6.45, 7) is 13.9. The fourth-order valence-corrected chi connectivity index (χ4v) is 10.9. The van der Waals surface area contributed by atoms with Crippen LogP contribution in [0.25, 0.3) is 71.6 Å². The van der Waals surface area contributed by atoms with Gasteiger partial charge in [0.2, 0.25) is 0 Å². The molecule has 4 aliphatic heterocycles. The second-order valence-corrected chi connectivity index (χ2v) is 19.1. The maximum absolute atomic E-state index is 2.62. The van der Waals surface area contributed by atoms with Gasteiger partial charge < -0.3 is 13.9 Å². The molecule has 9 aromatic rings. The summed E-state index contributed by atoms with van der Waals surface area (Å²) in [6.07, 6.45) is 4.62. The van der Waals surface area contributed by atoms with Crippen LogP contribution in [-0.4, -0.2) is 25.1 Å². The highest BCUT2D eigenvalue weighted by Gasteiger charge is 2.46. The van der Waals surface area contributed by atoms with Crippen LogP contribution >= 0.6 is 0 Å². The van der Waals surface area contributed by atoms with Gasteiger partial charge in [-0.15, -0.1) is 0 Å². The molecule has 4 aliphatic rings. The average Bonchev–Trinajstić information content (AvgIpc) is 3.89. The Hall–Kier alpha value is -6.92. The molecule has 13 rings (SSSR count). The van der Waals surface area contributed by atoms with Crippen LogP contribution in [0.1, 0.15) is 52.7 Å². The number of benzene rings is 7. The van der Waals surface area contributed by atoms with E-state index in [1.54, 1.807) is 0 Å². The van der Waals surface area contributed by atoms with Gasteiger partial charge in [0.15, 0.2) is 0 Å². The van der Waals surface area contributed by atoms with Crippen molar-refractivity contribution in [2.75, 3.05) is 4.90 Å². The Balaban J connectivity index is 1.38. The Labute approximate surface area is 349 Å². The Kier molecular flexibility index (Phi) is 6.47. The van der Waals surface area contributed by atoms with Gasteiger partial charge in [-0.2, -0.15) is 0 Å². The van der Waals surface area contributed by atoms with Crippen molar-refractivity contribution in [1.82, 2.24) is 18.2 Å². The third kappa shape index (κ3) is 4.28. The summed E-state index contributed by atoms with van der Waals surface area (Å²) >= 11 is 0. The van der Waals surface area contributed by atoms with Gasteiger partial charge in [-0.05, 0) is 99.1 Å². The molecule has 5 nitrogen and oxygen atoms in total. The average molecular weight is 774 g/mol. The second kappa shape index (κ2) is 11.4. The standard InChI is InChI=1S/C54H44BN5/c1-53(2,3)35-23-25-41-43(31-35)58(37-17-9-7-10-18-37)50-46-40-22-14-16-34-28-30-57(49(34)40)60-42-26-24-36(54(4,5)6)32-44(42)59(38-19-11-8-12-20-38)51(52(46)60)45-39-21-13-15-33-27-29-56(48(33)39)55(41)47(45)50/h7-32H,1-6H3. The van der Waals surface area contributed by atoms with E-state index < -0.39 is 0 Å². The van der Waals surface area contributed by atoms with E-state index in [0.717, 1.165) is 16.9 Å². The van der Waals surface area contributed by atoms with Crippen molar-refractivity contribution in [2.45, 2.75) is 52.4 Å². The summed E-state index contributed by atoms with van der Waals surface area (Å²) in [6, 6.07) is 55.1. The van der Waals surface area contributed by atoms with Gasteiger partial charge >= 0.3 is 6.85 Å². The minimum Gasteiger partial charge on any atom is -0.382 e. The van der Waals surface area contributed by atoms with Crippen LogP contribution in [0.15, 0.2) is 158 Å². The van der Waals surface area contributed by atoms with E-state index in [2.05, 4.69) is 223 Å². The van der Waals surface area contributed by atoms with E-state index in [1.807, 2.05) is 0 Å². The van der Waals surface area contributed by atoms with E-state index in [4.69, 9.17) is 0 Å². The molecule has 0 saturated heterocycles. The molecule has 0 radical (unpaired) electrons. The van der Waals surface area contributed by atoms with Crippen molar-refractivity contribution in [3.05, 3.63) is 169 Å². The van der Waals surface area contributed by atoms with Gasteiger partial charge in [0.1, 0.15) is 0 Å². The highest BCUT2D eigenvalue weighted by Crippen LogP contribution is 2.53. The lowest BCUT2D eigenvalue weighted by atomic mass is 9.44. The molecule has 6 heteroatoms. The van der Waals surface area contributed by atoms with Gasteiger partial charge in [-0.1, -0.05) is 133 Å². The normalized spacial score (nSPS) is 13.8. The molecule has 2 aromatic heterocycles. The molecule has 0 aliphatic carbocycles. The van der Waals surface area contributed by atoms with Crippen molar-refractivity contribution in [3.8, 4) is 22.5 Å². The zero-order valence-corrected chi connectivity index (χ0v) is 34.8. The lowest BCUT2D eigenvalue weighted by Crippen LogP contribution is -2.57. The first-order valence-corrected chi connectivity index (χ1v) is 21.3. The lowest BCUT2D eigenvalue weighted by molar-refractivity contribution is 0.590. The van der Waals surface area contributed by atoms with E-state index in [0.29, 0.717) is 0 Å². The largest absolute Gasteiger partial charge is 0.382 e. The highest BCUT2D eigenvalue weighted by molar-refractivity contribution is 6.90. The van der Waals surface area contributed by atoms with Crippen LogP contribution in [-0.2, 0) is 10.8 Å². The van der Waals surface area contributed by atoms with Crippen LogP contribution < -0.4 is 15.8 Å². The Bertz CT molecular complexity index is 3570. The molecule has 0 unspecified atom stereocenters. The van der Waals surface area contributed by atoms with Gasteiger partial charge in [0, 0.05) is 56.1 Å². The second-order valence-electron chi connectivity index (χ2n) is 19.1. The molecule has 0 saturated carbocycles. The van der Waals surface area contributed by atoms with E-state index in [-0.39, 0.29) is 17.7 Å². The maximum Gasteiger partial charge on any atom is 0.332 e. The molecule has 0 amide bonds. The number of aromatic nitrogens is 4. The summed E-state index contributed by atoms with van der Waals surface area (Å²) in [5, 5.41) is 5.00. The molecule has 0 fully saturated rings. The van der Waals surface area contributed by atoms with Crippen molar-refractivity contribution in [3.63, 3.8) is 0 Å². The minimum atomic E-state index is -0.0609. The summed E-state index contributed by atoms with van der Waals surface area (Å²) in [7, 11) is 0. The summed E-state index contributed by atoms with van der Waals surface area (Å²) in [5.74, 6) is 0. The zero-order chi connectivity index (χ0) is 40.4. The number of hydrogen-bond acceptors (Lipinski definition) is 1. The molecule has 288 valence electrons. The van der Waals surface area contributed by atoms with Crippen LogP contribution in [0, 0.1) is 0 Å². The molecule has 0 atom stereocenters. The minimum absolute atomic E-state index is 0.0398. The first-order chi connectivity index (χ1) is 29.1. The predicted octanol–water partition coefficient (Wildman–Crippen LogP) is 12.4. The van der Waals surface area contributed by atoms with Crippen LogP contribution in [0.3, 0.4) is 0 Å². The first kappa shape index (κ1) is 34.0. The van der Waals surface area contributed by atoms with Crippen LogP contribution in [0.5, 0.6) is 0 Å². The summed E-state index contributed by atoms with van der Waals surface area (Å²) < 4.78 is 10.2. The lowest BCUT2D eigenvalue weighted by Gasteiger charge is -2.43. The van der Waals surface area contributed by atoms with Gasteiger partial charge in [-0.3, -0.25) is 4.52 Å². The third-order valence-corrected chi connectivity index (χ3v) is 13.6. The Morgan fingerprint density at radius 3 is 1.93 bits per heavy atom. The number of anilines is 3. The predicted molar refractivity (Wildman–Crippen MR) is 253 cm³/mol. The van der Waals surface area contributed by atoms with Crippen LogP contribution in [0.4, 0.5) is 17.1 Å². The first-order valence-electron chi connectivity index (χ1n) is 21.3. The molecular weight excluding hydrogens is 729 g/mol. The number of nitrogens with zero attached hydrogens (tertiary/aromatic N) is 5. The van der Waals surface area contributed by atoms with Crippen molar-refractivity contribution < 1.29 is 0 Å². The molecular formula is C54H44BN5. The molecule has 60 heavy (non-hydrogen) atoms. The van der Waals surface area contributed by atoms with Crippen molar-refractivity contribution in [1.29, 1.82) is 0 Å². The monoisotopic (exact) mass is 773 g/mol. The fraction of sp³-hybridized carbons (Fsp3) is 0.148. The third-order valence-electron chi connectivity index (χ3n) is 13.6. The molecule has 0 N–H and O–H groups in total. The molecule has 7 aromatic carbocycles. The van der Waals surface area contributed by atoms with E-state index >= 15 is 0 Å².